The molecule has 1 N–H and O–H groups in total. The lowest BCUT2D eigenvalue weighted by Gasteiger charge is -2.35. The summed E-state index contributed by atoms with van der Waals surface area (Å²) in [6, 6.07) is 2.13. The van der Waals surface area contributed by atoms with Crippen LogP contribution in [0.1, 0.15) is 35.9 Å². The van der Waals surface area contributed by atoms with E-state index in [0.29, 0.717) is 11.4 Å². The van der Waals surface area contributed by atoms with Crippen LogP contribution in [0.15, 0.2) is 18.7 Å². The van der Waals surface area contributed by atoms with Crippen LogP contribution in [0.25, 0.3) is 10.2 Å². The summed E-state index contributed by atoms with van der Waals surface area (Å²) in [5.74, 6) is 1.45. The number of hydrogen-bond acceptors (Lipinski definition) is 8. The van der Waals surface area contributed by atoms with Crippen molar-refractivity contribution in [3.05, 3.63) is 40.3 Å². The Kier molecular flexibility index (Phi) is 10.8. The van der Waals surface area contributed by atoms with E-state index in [4.69, 9.17) is 10.4 Å². The molecule has 2 aliphatic rings. The summed E-state index contributed by atoms with van der Waals surface area (Å²) < 4.78 is 2.03. The summed E-state index contributed by atoms with van der Waals surface area (Å²) in [7, 11) is 2.16. The standard InChI is InChI=1S/C23H32N8S.3ClH/c1-16(2)18-12-20(26-14-25-18)30-9-6-29(7-10-30)8-11-31-15-27-23-21(22(31)24)17-4-5-28(3)13-19(17)32-23;;;/h12,14-16,24H,4-11,13H2,1-3H3;3*1H. The van der Waals surface area contributed by atoms with Crippen LogP contribution in [-0.2, 0) is 19.5 Å². The van der Waals surface area contributed by atoms with Gasteiger partial charge in [-0.3, -0.25) is 10.3 Å². The Bertz CT molecular complexity index is 1170. The van der Waals surface area contributed by atoms with E-state index in [0.717, 1.165) is 80.5 Å². The molecule has 0 aliphatic carbocycles. The molecule has 2 aliphatic heterocycles. The monoisotopic (exact) mass is 560 g/mol. The second-order valence-corrected chi connectivity index (χ2v) is 10.3. The number of rotatable bonds is 5. The predicted octanol–water partition coefficient (Wildman–Crippen LogP) is 3.57. The third-order valence-corrected chi connectivity index (χ3v) is 7.81. The Balaban J connectivity index is 0.00000144. The fourth-order valence-corrected chi connectivity index (χ4v) is 5.91. The maximum absolute atomic E-state index is 8.84. The average Bonchev–Trinajstić information content (AvgIpc) is 3.17. The molecule has 12 heteroatoms. The molecular weight excluding hydrogens is 527 g/mol. The highest BCUT2D eigenvalue weighted by molar-refractivity contribution is 7.18. The molecule has 0 aromatic carbocycles. The van der Waals surface area contributed by atoms with Crippen LogP contribution in [-0.4, -0.2) is 75.6 Å². The first kappa shape index (κ1) is 29.7. The average molecular weight is 562 g/mol. The lowest BCUT2D eigenvalue weighted by Crippen LogP contribution is -2.47. The summed E-state index contributed by atoms with van der Waals surface area (Å²) in [5, 5.41) is 9.92. The number of halogens is 3. The van der Waals surface area contributed by atoms with Crippen molar-refractivity contribution in [1.82, 2.24) is 29.3 Å². The number of thiophene rings is 1. The van der Waals surface area contributed by atoms with E-state index >= 15 is 0 Å². The molecule has 0 unspecified atom stereocenters. The zero-order valence-corrected chi connectivity index (χ0v) is 23.7. The van der Waals surface area contributed by atoms with Crippen molar-refractivity contribution in [3.63, 3.8) is 0 Å². The van der Waals surface area contributed by atoms with Crippen molar-refractivity contribution in [2.45, 2.75) is 39.3 Å². The molecule has 0 atom stereocenters. The van der Waals surface area contributed by atoms with Gasteiger partial charge in [-0.15, -0.1) is 48.6 Å². The van der Waals surface area contributed by atoms with Gasteiger partial charge in [-0.25, -0.2) is 15.0 Å². The number of fused-ring (bicyclic) bond motifs is 3. The van der Waals surface area contributed by atoms with Gasteiger partial charge >= 0.3 is 0 Å². The van der Waals surface area contributed by atoms with Gasteiger partial charge in [-0.2, -0.15) is 0 Å². The Labute approximate surface area is 229 Å². The van der Waals surface area contributed by atoms with Crippen LogP contribution in [0.3, 0.4) is 0 Å². The number of aromatic nitrogens is 4. The number of nitrogens with zero attached hydrogens (tertiary/aromatic N) is 7. The van der Waals surface area contributed by atoms with Crippen molar-refractivity contribution in [2.75, 3.05) is 51.2 Å². The van der Waals surface area contributed by atoms with Gasteiger partial charge in [0.05, 0.1) is 11.7 Å². The third kappa shape index (κ3) is 6.26. The first-order chi connectivity index (χ1) is 15.5. The van der Waals surface area contributed by atoms with Gasteiger partial charge in [0, 0.05) is 69.0 Å². The van der Waals surface area contributed by atoms with Gasteiger partial charge in [0.1, 0.15) is 22.5 Å². The summed E-state index contributed by atoms with van der Waals surface area (Å²) in [4.78, 5) is 23.2. The SMILES string of the molecule is CC(C)c1cc(N2CCN(CCn3cnc4sc5c(c4c3=N)CCN(C)C5)CC2)ncn1.Cl.Cl.Cl. The van der Waals surface area contributed by atoms with Gasteiger partial charge in [-0.1, -0.05) is 13.8 Å². The maximum Gasteiger partial charge on any atom is 0.136 e. The molecule has 8 nitrogen and oxygen atoms in total. The molecule has 0 spiro atoms. The molecule has 0 saturated carbocycles. The van der Waals surface area contributed by atoms with Crippen molar-refractivity contribution in [3.8, 4) is 0 Å². The minimum Gasteiger partial charge on any atom is -0.354 e. The van der Waals surface area contributed by atoms with E-state index in [1.54, 1.807) is 17.7 Å². The molecule has 0 radical (unpaired) electrons. The van der Waals surface area contributed by atoms with Crippen LogP contribution in [0.2, 0.25) is 0 Å². The zero-order valence-electron chi connectivity index (χ0n) is 20.4. The summed E-state index contributed by atoms with van der Waals surface area (Å²) in [6.07, 6.45) is 4.57. The summed E-state index contributed by atoms with van der Waals surface area (Å²) >= 11 is 1.76. The lowest BCUT2D eigenvalue weighted by atomic mass is 10.1. The molecule has 194 valence electrons. The minimum absolute atomic E-state index is 0. The first-order valence-corrected chi connectivity index (χ1v) is 12.3. The molecule has 1 saturated heterocycles. The van der Waals surface area contributed by atoms with Crippen molar-refractivity contribution >= 4 is 64.6 Å². The molecule has 3 aromatic heterocycles. The molecule has 5 rings (SSSR count). The number of likely N-dealkylation sites (N-methyl/N-ethyl adjacent to an activating group) is 1. The summed E-state index contributed by atoms with van der Waals surface area (Å²) in [6.45, 7) is 12.1. The third-order valence-electron chi connectivity index (χ3n) is 6.69. The highest BCUT2D eigenvalue weighted by Crippen LogP contribution is 2.31. The summed E-state index contributed by atoms with van der Waals surface area (Å²) in [5.41, 5.74) is 3.08. The zero-order chi connectivity index (χ0) is 22.2. The van der Waals surface area contributed by atoms with Crippen LogP contribution in [0, 0.1) is 5.41 Å². The quantitative estimate of drug-likeness (QED) is 0.513. The Morgan fingerprint density at radius 1 is 1.00 bits per heavy atom. The largest absolute Gasteiger partial charge is 0.354 e. The fourth-order valence-electron chi connectivity index (χ4n) is 4.64. The van der Waals surface area contributed by atoms with Crippen LogP contribution >= 0.6 is 48.6 Å². The van der Waals surface area contributed by atoms with Gasteiger partial charge in [0.25, 0.3) is 0 Å². The molecule has 0 amide bonds. The second-order valence-electron chi connectivity index (χ2n) is 9.24. The van der Waals surface area contributed by atoms with Gasteiger partial charge in [0.2, 0.25) is 0 Å². The van der Waals surface area contributed by atoms with Gasteiger partial charge in [0.15, 0.2) is 0 Å². The Morgan fingerprint density at radius 3 is 2.46 bits per heavy atom. The van der Waals surface area contributed by atoms with Gasteiger partial charge < -0.3 is 14.4 Å². The smallest absolute Gasteiger partial charge is 0.136 e. The Morgan fingerprint density at radius 2 is 1.74 bits per heavy atom. The van der Waals surface area contributed by atoms with Crippen LogP contribution < -0.4 is 10.4 Å². The number of piperazine rings is 1. The molecular formula is C23H35Cl3N8S. The number of anilines is 1. The van der Waals surface area contributed by atoms with Crippen molar-refractivity contribution < 1.29 is 0 Å². The van der Waals surface area contributed by atoms with E-state index in [1.165, 1.54) is 10.4 Å². The number of hydrogen-bond donors (Lipinski definition) is 1. The van der Waals surface area contributed by atoms with E-state index in [2.05, 4.69) is 51.6 Å². The molecule has 0 bridgehead atoms. The lowest BCUT2D eigenvalue weighted by molar-refractivity contribution is 0.246. The maximum atomic E-state index is 8.84. The highest BCUT2D eigenvalue weighted by atomic mass is 35.5. The van der Waals surface area contributed by atoms with Crippen LogP contribution in [0.5, 0.6) is 0 Å². The predicted molar refractivity (Wildman–Crippen MR) is 150 cm³/mol. The van der Waals surface area contributed by atoms with E-state index in [9.17, 15) is 0 Å². The van der Waals surface area contributed by atoms with E-state index in [1.807, 2.05) is 10.9 Å². The normalized spacial score (nSPS) is 16.4. The molecule has 5 heterocycles. The van der Waals surface area contributed by atoms with Crippen LogP contribution in [0.4, 0.5) is 5.82 Å². The molecule has 3 aromatic rings. The van der Waals surface area contributed by atoms with Crippen molar-refractivity contribution in [1.29, 1.82) is 5.41 Å². The number of nitrogens with one attached hydrogen (secondary N) is 1. The topological polar surface area (TPSA) is 77.2 Å². The minimum atomic E-state index is 0. The molecule has 35 heavy (non-hydrogen) atoms. The fraction of sp³-hybridized carbons (Fsp3) is 0.565. The second kappa shape index (κ2) is 12.7. The first-order valence-electron chi connectivity index (χ1n) is 11.5. The highest BCUT2D eigenvalue weighted by Gasteiger charge is 2.22. The van der Waals surface area contributed by atoms with Crippen molar-refractivity contribution in [2.24, 2.45) is 0 Å². The Hall–Kier alpha value is -1.49. The van der Waals surface area contributed by atoms with Gasteiger partial charge in [-0.05, 0) is 24.9 Å². The van der Waals surface area contributed by atoms with E-state index < -0.39 is 0 Å². The molecule has 1 fully saturated rings. The van der Waals surface area contributed by atoms with E-state index in [-0.39, 0.29) is 37.2 Å².